The van der Waals surface area contributed by atoms with Crippen LogP contribution in [0.5, 0.6) is 5.75 Å². The highest BCUT2D eigenvalue weighted by molar-refractivity contribution is 14.0. The van der Waals surface area contributed by atoms with Gasteiger partial charge in [0.15, 0.2) is 5.96 Å². The Labute approximate surface area is 167 Å². The van der Waals surface area contributed by atoms with Crippen molar-refractivity contribution in [3.05, 3.63) is 60.2 Å². The molecule has 0 unspecified atom stereocenters. The Balaban J connectivity index is 0.00000312. The molecule has 2 aromatic rings. The molecule has 0 aromatic heterocycles. The Hall–Kier alpha value is -1.80. The summed E-state index contributed by atoms with van der Waals surface area (Å²) in [5, 5.41) is 3.08. The molecular formula is C19H27IN4O. The first-order valence-corrected chi connectivity index (χ1v) is 8.11. The van der Waals surface area contributed by atoms with Crippen LogP contribution in [0.3, 0.4) is 0 Å². The molecule has 0 radical (unpaired) electrons. The molecule has 5 nitrogen and oxygen atoms in total. The molecule has 0 bridgehead atoms. The molecule has 25 heavy (non-hydrogen) atoms. The van der Waals surface area contributed by atoms with Gasteiger partial charge in [0.1, 0.15) is 5.75 Å². The third-order valence-electron chi connectivity index (χ3n) is 3.64. The molecule has 0 spiro atoms. The molecule has 0 aliphatic rings. The van der Waals surface area contributed by atoms with Crippen molar-refractivity contribution in [2.45, 2.75) is 13.0 Å². The lowest BCUT2D eigenvalue weighted by Gasteiger charge is -2.16. The minimum atomic E-state index is 0. The molecule has 3 N–H and O–H groups in total. The van der Waals surface area contributed by atoms with Crippen molar-refractivity contribution >= 4 is 35.6 Å². The molecule has 0 heterocycles. The fourth-order valence-corrected chi connectivity index (χ4v) is 2.38. The van der Waals surface area contributed by atoms with Gasteiger partial charge in [-0.15, -0.1) is 24.0 Å². The van der Waals surface area contributed by atoms with E-state index in [4.69, 9.17) is 10.5 Å². The van der Waals surface area contributed by atoms with Crippen LogP contribution in [0.25, 0.3) is 0 Å². The Morgan fingerprint density at radius 3 is 2.44 bits per heavy atom. The second kappa shape index (κ2) is 11.7. The van der Waals surface area contributed by atoms with E-state index in [2.05, 4.69) is 46.5 Å². The number of hydrogen-bond acceptors (Lipinski definition) is 3. The highest BCUT2D eigenvalue weighted by atomic mass is 127. The summed E-state index contributed by atoms with van der Waals surface area (Å²) >= 11 is 0. The normalized spacial score (nSPS) is 11.1. The topological polar surface area (TPSA) is 62.9 Å². The van der Waals surface area contributed by atoms with Crippen molar-refractivity contribution < 1.29 is 4.74 Å². The van der Waals surface area contributed by atoms with Gasteiger partial charge in [-0.1, -0.05) is 30.3 Å². The summed E-state index contributed by atoms with van der Waals surface area (Å²) in [6.45, 7) is 2.63. The molecular weight excluding hydrogens is 427 g/mol. The van der Waals surface area contributed by atoms with Crippen LogP contribution in [0, 0.1) is 0 Å². The van der Waals surface area contributed by atoms with Crippen molar-refractivity contribution in [2.24, 2.45) is 10.7 Å². The standard InChI is InChI=1S/C19H26N4O.HI/c1-23(15-16-7-4-3-5-8-16)14-6-13-21-19(20)22-17-9-11-18(24-2)12-10-17;/h3-5,7-12H,6,13-15H2,1-2H3,(H3,20,21,22);1H. The van der Waals surface area contributed by atoms with Crippen LogP contribution >= 0.6 is 24.0 Å². The van der Waals surface area contributed by atoms with Crippen LogP contribution in [0.1, 0.15) is 12.0 Å². The van der Waals surface area contributed by atoms with E-state index in [9.17, 15) is 0 Å². The monoisotopic (exact) mass is 454 g/mol. The quantitative estimate of drug-likeness (QED) is 0.277. The largest absolute Gasteiger partial charge is 0.497 e. The van der Waals surface area contributed by atoms with Gasteiger partial charge >= 0.3 is 0 Å². The molecule has 0 aliphatic heterocycles. The van der Waals surface area contributed by atoms with E-state index < -0.39 is 0 Å². The van der Waals surface area contributed by atoms with E-state index >= 15 is 0 Å². The second-order valence-corrected chi connectivity index (χ2v) is 5.70. The number of hydrogen-bond donors (Lipinski definition) is 2. The van der Waals surface area contributed by atoms with E-state index in [0.29, 0.717) is 12.5 Å². The van der Waals surface area contributed by atoms with Gasteiger partial charge in [0.25, 0.3) is 0 Å². The van der Waals surface area contributed by atoms with Crippen molar-refractivity contribution in [3.8, 4) is 5.75 Å². The average molecular weight is 454 g/mol. The highest BCUT2D eigenvalue weighted by Crippen LogP contribution is 2.14. The number of rotatable bonds is 8. The van der Waals surface area contributed by atoms with Crippen LogP contribution < -0.4 is 15.8 Å². The van der Waals surface area contributed by atoms with Crippen LogP contribution in [0.15, 0.2) is 59.6 Å². The number of aliphatic imine (C=N–C) groups is 1. The predicted molar refractivity (Wildman–Crippen MR) is 116 cm³/mol. The smallest absolute Gasteiger partial charge is 0.193 e. The van der Waals surface area contributed by atoms with E-state index in [0.717, 1.165) is 30.9 Å². The number of nitrogens with one attached hydrogen (secondary N) is 1. The Morgan fingerprint density at radius 1 is 1.12 bits per heavy atom. The van der Waals surface area contributed by atoms with E-state index in [1.165, 1.54) is 5.56 Å². The lowest BCUT2D eigenvalue weighted by atomic mass is 10.2. The lowest BCUT2D eigenvalue weighted by molar-refractivity contribution is 0.324. The summed E-state index contributed by atoms with van der Waals surface area (Å²) in [5.41, 5.74) is 8.14. The van der Waals surface area contributed by atoms with Crippen LogP contribution in [-0.4, -0.2) is 38.1 Å². The summed E-state index contributed by atoms with van der Waals surface area (Å²) in [4.78, 5) is 6.66. The lowest BCUT2D eigenvalue weighted by Crippen LogP contribution is -2.24. The summed E-state index contributed by atoms with van der Waals surface area (Å²) < 4.78 is 5.12. The van der Waals surface area contributed by atoms with Crippen molar-refractivity contribution in [2.75, 3.05) is 32.6 Å². The fourth-order valence-electron chi connectivity index (χ4n) is 2.38. The summed E-state index contributed by atoms with van der Waals surface area (Å²) in [7, 11) is 3.77. The molecule has 6 heteroatoms. The molecule has 0 fully saturated rings. The minimum absolute atomic E-state index is 0. The van der Waals surface area contributed by atoms with Crippen molar-refractivity contribution in [1.82, 2.24) is 4.90 Å². The predicted octanol–water partition coefficient (Wildman–Crippen LogP) is 3.56. The number of methoxy groups -OCH3 is 1. The van der Waals surface area contributed by atoms with Crippen LogP contribution in [0.2, 0.25) is 0 Å². The zero-order valence-electron chi connectivity index (χ0n) is 14.8. The van der Waals surface area contributed by atoms with Gasteiger partial charge in [-0.25, -0.2) is 0 Å². The SMILES string of the molecule is COc1ccc(NC(N)=NCCCN(C)Cc2ccccc2)cc1.I. The second-order valence-electron chi connectivity index (χ2n) is 5.70. The number of benzene rings is 2. The number of halogens is 1. The summed E-state index contributed by atoms with van der Waals surface area (Å²) in [6.07, 6.45) is 0.967. The van der Waals surface area contributed by atoms with E-state index in [-0.39, 0.29) is 24.0 Å². The highest BCUT2D eigenvalue weighted by Gasteiger charge is 2.00. The van der Waals surface area contributed by atoms with Gasteiger partial charge in [-0.2, -0.15) is 0 Å². The summed E-state index contributed by atoms with van der Waals surface area (Å²) in [6, 6.07) is 18.1. The van der Waals surface area contributed by atoms with E-state index in [1.54, 1.807) is 7.11 Å². The summed E-state index contributed by atoms with van der Waals surface area (Å²) in [5.74, 6) is 1.25. The molecule has 0 amide bonds. The first kappa shape index (κ1) is 21.2. The van der Waals surface area contributed by atoms with Gasteiger partial charge in [-0.3, -0.25) is 4.99 Å². The Kier molecular flexibility index (Phi) is 9.94. The molecule has 0 atom stereocenters. The van der Waals surface area contributed by atoms with Crippen LogP contribution in [0.4, 0.5) is 5.69 Å². The maximum atomic E-state index is 5.91. The van der Waals surface area contributed by atoms with Gasteiger partial charge < -0.3 is 20.7 Å². The third-order valence-corrected chi connectivity index (χ3v) is 3.64. The number of nitrogens with zero attached hydrogens (tertiary/aromatic N) is 2. The minimum Gasteiger partial charge on any atom is -0.497 e. The maximum absolute atomic E-state index is 5.91. The molecule has 2 aromatic carbocycles. The Bertz CT molecular complexity index is 632. The van der Waals surface area contributed by atoms with Gasteiger partial charge in [0, 0.05) is 18.8 Å². The van der Waals surface area contributed by atoms with Gasteiger partial charge in [0.05, 0.1) is 7.11 Å². The van der Waals surface area contributed by atoms with Gasteiger partial charge in [0.2, 0.25) is 0 Å². The first-order valence-electron chi connectivity index (χ1n) is 8.11. The first-order chi connectivity index (χ1) is 11.7. The van der Waals surface area contributed by atoms with Crippen LogP contribution in [-0.2, 0) is 6.54 Å². The molecule has 136 valence electrons. The number of guanidine groups is 1. The zero-order valence-corrected chi connectivity index (χ0v) is 17.1. The fraction of sp³-hybridized carbons (Fsp3) is 0.316. The average Bonchev–Trinajstić information content (AvgIpc) is 2.60. The molecule has 0 saturated carbocycles. The molecule has 0 aliphatic carbocycles. The van der Waals surface area contributed by atoms with Gasteiger partial charge in [-0.05, 0) is 49.8 Å². The molecule has 2 rings (SSSR count). The molecule has 0 saturated heterocycles. The third kappa shape index (κ3) is 8.22. The van der Waals surface area contributed by atoms with Crippen molar-refractivity contribution in [3.63, 3.8) is 0 Å². The number of anilines is 1. The van der Waals surface area contributed by atoms with E-state index in [1.807, 2.05) is 30.3 Å². The number of ether oxygens (including phenoxy) is 1. The zero-order chi connectivity index (χ0) is 17.2. The van der Waals surface area contributed by atoms with Crippen molar-refractivity contribution in [1.29, 1.82) is 0 Å². The number of nitrogens with two attached hydrogens (primary N) is 1. The Morgan fingerprint density at radius 2 is 1.80 bits per heavy atom. The maximum Gasteiger partial charge on any atom is 0.193 e.